The Morgan fingerprint density at radius 2 is 2.04 bits per heavy atom. The van der Waals surface area contributed by atoms with Gasteiger partial charge in [0.25, 0.3) is 0 Å². The molecular weight excluding hydrogens is 352 g/mol. The van der Waals surface area contributed by atoms with Gasteiger partial charge in [-0.05, 0) is 55.6 Å². The summed E-state index contributed by atoms with van der Waals surface area (Å²) in [5.74, 6) is 0.0140. The number of benzene rings is 1. The molecule has 0 aliphatic heterocycles. The minimum atomic E-state index is -0.755. The van der Waals surface area contributed by atoms with Gasteiger partial charge in [0, 0.05) is 25.9 Å². The summed E-state index contributed by atoms with van der Waals surface area (Å²) in [6.07, 6.45) is 14.5. The zero-order valence-corrected chi connectivity index (χ0v) is 16.8. The summed E-state index contributed by atoms with van der Waals surface area (Å²) in [6, 6.07) is 8.48. The summed E-state index contributed by atoms with van der Waals surface area (Å²) in [4.78, 5) is 22.7. The van der Waals surface area contributed by atoms with Crippen molar-refractivity contribution in [1.82, 2.24) is 0 Å². The Hall–Kier alpha value is -2.20. The van der Waals surface area contributed by atoms with Gasteiger partial charge in [-0.3, -0.25) is 9.59 Å². The summed E-state index contributed by atoms with van der Waals surface area (Å²) in [6.45, 7) is 0.638. The minimum Gasteiger partial charge on any atom is -0.481 e. The highest BCUT2D eigenvalue weighted by Crippen LogP contribution is 2.33. The van der Waals surface area contributed by atoms with E-state index in [4.69, 9.17) is 9.84 Å². The molecular formula is C24H32O4. The summed E-state index contributed by atoms with van der Waals surface area (Å²) < 4.78 is 5.18. The van der Waals surface area contributed by atoms with Crippen molar-refractivity contribution in [2.45, 2.75) is 58.0 Å². The number of hydrogen-bond acceptors (Lipinski definition) is 3. The lowest BCUT2D eigenvalue weighted by molar-refractivity contribution is -0.137. The van der Waals surface area contributed by atoms with Gasteiger partial charge in [-0.25, -0.2) is 0 Å². The molecule has 2 rings (SSSR count). The summed E-state index contributed by atoms with van der Waals surface area (Å²) in [5.41, 5.74) is 2.50. The van der Waals surface area contributed by atoms with E-state index in [9.17, 15) is 9.59 Å². The number of carboxylic acid groups (broad SMARTS) is 1. The maximum Gasteiger partial charge on any atom is 0.303 e. The second-order valence-corrected chi connectivity index (χ2v) is 7.49. The van der Waals surface area contributed by atoms with Crippen LogP contribution in [0.4, 0.5) is 0 Å². The second kappa shape index (κ2) is 12.3. The summed E-state index contributed by atoms with van der Waals surface area (Å²) in [5, 5.41) is 8.64. The fourth-order valence-electron chi connectivity index (χ4n) is 3.77. The minimum absolute atomic E-state index is 0.0806. The lowest BCUT2D eigenvalue weighted by Crippen LogP contribution is -2.12. The number of Topliss-reactive ketones (excluding diaryl/α,β-unsaturated/α-hetero) is 1. The van der Waals surface area contributed by atoms with E-state index in [1.54, 1.807) is 7.11 Å². The lowest BCUT2D eigenvalue weighted by atomic mass is 9.91. The number of carbonyl (C=O) groups is 2. The molecule has 0 radical (unpaired) electrons. The van der Waals surface area contributed by atoms with E-state index in [1.165, 1.54) is 11.1 Å². The van der Waals surface area contributed by atoms with Gasteiger partial charge in [0.15, 0.2) is 0 Å². The number of rotatable bonds is 12. The molecule has 1 unspecified atom stereocenters. The molecule has 1 saturated carbocycles. The van der Waals surface area contributed by atoms with Crippen molar-refractivity contribution >= 4 is 11.8 Å². The predicted molar refractivity (Wildman–Crippen MR) is 111 cm³/mol. The first-order valence-electron chi connectivity index (χ1n) is 10.2. The molecule has 1 aromatic carbocycles. The predicted octanol–water partition coefficient (Wildman–Crippen LogP) is 5.12. The number of carbonyl (C=O) groups excluding carboxylic acids is 1. The Labute approximate surface area is 168 Å². The molecule has 0 saturated heterocycles. The number of ketones is 1. The Kier molecular flexibility index (Phi) is 9.70. The first kappa shape index (κ1) is 22.1. The van der Waals surface area contributed by atoms with E-state index in [0.29, 0.717) is 31.1 Å². The van der Waals surface area contributed by atoms with Crippen LogP contribution in [0.15, 0.2) is 48.6 Å². The largest absolute Gasteiger partial charge is 0.481 e. The van der Waals surface area contributed by atoms with Gasteiger partial charge in [-0.2, -0.15) is 0 Å². The van der Waals surface area contributed by atoms with Crippen LogP contribution in [0.3, 0.4) is 0 Å². The van der Waals surface area contributed by atoms with Crippen molar-refractivity contribution in [1.29, 1.82) is 0 Å². The molecule has 4 nitrogen and oxygen atoms in total. The molecule has 2 atom stereocenters. The molecule has 1 fully saturated rings. The van der Waals surface area contributed by atoms with Crippen molar-refractivity contribution < 1.29 is 19.4 Å². The monoisotopic (exact) mass is 384 g/mol. The van der Waals surface area contributed by atoms with Gasteiger partial charge in [-0.1, -0.05) is 48.6 Å². The molecule has 1 aliphatic carbocycles. The first-order valence-corrected chi connectivity index (χ1v) is 10.2. The van der Waals surface area contributed by atoms with Crippen molar-refractivity contribution in [3.05, 3.63) is 59.7 Å². The third-order valence-corrected chi connectivity index (χ3v) is 5.26. The highest BCUT2D eigenvalue weighted by molar-refractivity contribution is 5.83. The summed E-state index contributed by atoms with van der Waals surface area (Å²) in [7, 11) is 1.71. The number of ether oxygens (including phenoxy) is 1. The van der Waals surface area contributed by atoms with Gasteiger partial charge >= 0.3 is 5.97 Å². The van der Waals surface area contributed by atoms with Crippen LogP contribution < -0.4 is 0 Å². The van der Waals surface area contributed by atoms with Crippen LogP contribution in [0.25, 0.3) is 0 Å². The standard InChI is InChI=1S/C24H32O4/c1-28-18-20-11-8-10-19(17-20)9-6-7-12-21-15-16-23(25)22(21)13-4-2-3-5-14-24(26)27/h2,4,7-8,10-12,17,21-22H,3,5-6,9,13-16,18H2,1H3,(H,26,27)/b4-2-,12-7+/t21?,22-/m1/s1. The number of aryl methyl sites for hydroxylation is 1. The zero-order chi connectivity index (χ0) is 20.2. The maximum atomic E-state index is 12.2. The molecule has 152 valence electrons. The molecule has 28 heavy (non-hydrogen) atoms. The smallest absolute Gasteiger partial charge is 0.303 e. The summed E-state index contributed by atoms with van der Waals surface area (Å²) >= 11 is 0. The fraction of sp³-hybridized carbons (Fsp3) is 0.500. The highest BCUT2D eigenvalue weighted by Gasteiger charge is 2.31. The molecule has 0 heterocycles. The van der Waals surface area contributed by atoms with Gasteiger partial charge in [0.1, 0.15) is 5.78 Å². The fourth-order valence-corrected chi connectivity index (χ4v) is 3.77. The Morgan fingerprint density at radius 3 is 2.82 bits per heavy atom. The van der Waals surface area contributed by atoms with Gasteiger partial charge < -0.3 is 9.84 Å². The van der Waals surface area contributed by atoms with Gasteiger partial charge in [-0.15, -0.1) is 0 Å². The van der Waals surface area contributed by atoms with E-state index in [2.05, 4.69) is 42.5 Å². The lowest BCUT2D eigenvalue weighted by Gasteiger charge is -2.12. The number of unbranched alkanes of at least 4 members (excludes halogenated alkanes) is 1. The third kappa shape index (κ3) is 7.81. The molecule has 0 bridgehead atoms. The zero-order valence-electron chi connectivity index (χ0n) is 16.8. The molecule has 0 spiro atoms. The van der Waals surface area contributed by atoms with Crippen molar-refractivity contribution in [2.24, 2.45) is 11.8 Å². The molecule has 1 aromatic rings. The topological polar surface area (TPSA) is 63.6 Å². The number of hydrogen-bond donors (Lipinski definition) is 1. The van der Waals surface area contributed by atoms with Crippen LogP contribution in [-0.2, 0) is 27.4 Å². The SMILES string of the molecule is COCc1cccc(CC/C=C/C2CCC(=O)[C@@H]2C/C=C\CCCC(=O)O)c1. The van der Waals surface area contributed by atoms with Crippen LogP contribution in [0.1, 0.15) is 56.1 Å². The van der Waals surface area contributed by atoms with Crippen LogP contribution in [-0.4, -0.2) is 24.0 Å². The average molecular weight is 385 g/mol. The number of allylic oxidation sites excluding steroid dienone is 4. The Bertz CT molecular complexity index is 690. The Morgan fingerprint density at radius 1 is 1.21 bits per heavy atom. The average Bonchev–Trinajstić information content (AvgIpc) is 3.02. The Balaban J connectivity index is 1.76. The van der Waals surface area contributed by atoms with Crippen molar-refractivity contribution in [3.63, 3.8) is 0 Å². The van der Waals surface area contributed by atoms with Crippen LogP contribution in [0, 0.1) is 11.8 Å². The number of aliphatic carboxylic acids is 1. The van der Waals surface area contributed by atoms with Gasteiger partial charge in [0.05, 0.1) is 6.61 Å². The normalized spacial score (nSPS) is 19.8. The maximum absolute atomic E-state index is 12.2. The molecule has 1 aliphatic rings. The third-order valence-electron chi connectivity index (χ3n) is 5.26. The molecule has 0 aromatic heterocycles. The molecule has 0 amide bonds. The van der Waals surface area contributed by atoms with E-state index in [0.717, 1.165) is 32.1 Å². The van der Waals surface area contributed by atoms with E-state index in [-0.39, 0.29) is 12.3 Å². The quantitative estimate of drug-likeness (QED) is 0.401. The molecule has 1 N–H and O–H groups in total. The first-order chi connectivity index (χ1) is 13.6. The van der Waals surface area contributed by atoms with Crippen LogP contribution in [0.2, 0.25) is 0 Å². The van der Waals surface area contributed by atoms with Crippen molar-refractivity contribution in [3.8, 4) is 0 Å². The van der Waals surface area contributed by atoms with Crippen molar-refractivity contribution in [2.75, 3.05) is 7.11 Å². The van der Waals surface area contributed by atoms with E-state index >= 15 is 0 Å². The van der Waals surface area contributed by atoms with E-state index < -0.39 is 5.97 Å². The number of carboxylic acids is 1. The van der Waals surface area contributed by atoms with Crippen LogP contribution >= 0.6 is 0 Å². The van der Waals surface area contributed by atoms with Gasteiger partial charge in [0.2, 0.25) is 0 Å². The van der Waals surface area contributed by atoms with E-state index in [1.807, 2.05) is 6.08 Å². The van der Waals surface area contributed by atoms with Crippen LogP contribution in [0.5, 0.6) is 0 Å². The highest BCUT2D eigenvalue weighted by atomic mass is 16.5. The number of methoxy groups -OCH3 is 1. The second-order valence-electron chi connectivity index (χ2n) is 7.49. The molecule has 4 heteroatoms.